The van der Waals surface area contributed by atoms with Crippen LogP contribution in [-0.4, -0.2) is 70.3 Å². The molecule has 0 radical (unpaired) electrons. The van der Waals surface area contributed by atoms with E-state index in [1.54, 1.807) is 29.7 Å². The fraction of sp³-hybridized carbons (Fsp3) is 0.536. The van der Waals surface area contributed by atoms with Crippen LogP contribution in [0.3, 0.4) is 0 Å². The molecule has 0 spiro atoms. The zero-order valence-electron chi connectivity index (χ0n) is 23.7. The van der Waals surface area contributed by atoms with E-state index in [1.165, 1.54) is 23.1 Å². The number of aliphatic imine (C=N–C) groups is 1. The molecule has 1 aliphatic carbocycles. The van der Waals surface area contributed by atoms with Gasteiger partial charge in [-0.15, -0.1) is 11.3 Å². The van der Waals surface area contributed by atoms with Crippen LogP contribution in [0, 0.1) is 12.8 Å². The van der Waals surface area contributed by atoms with Crippen molar-refractivity contribution in [3.05, 3.63) is 39.2 Å². The van der Waals surface area contributed by atoms with E-state index in [9.17, 15) is 14.4 Å². The molecule has 1 N–H and O–H groups in total. The Kier molecular flexibility index (Phi) is 10.2. The van der Waals surface area contributed by atoms with Crippen molar-refractivity contribution < 1.29 is 23.9 Å². The van der Waals surface area contributed by atoms with Crippen LogP contribution >= 0.6 is 23.1 Å². The van der Waals surface area contributed by atoms with Gasteiger partial charge in [0.2, 0.25) is 5.91 Å². The number of nitrogens with zero attached hydrogens (tertiary/aromatic N) is 4. The number of carbonyl (C=O) groups is 3. The van der Waals surface area contributed by atoms with Crippen molar-refractivity contribution in [3.63, 3.8) is 0 Å². The molecule has 12 heteroatoms. The van der Waals surface area contributed by atoms with Gasteiger partial charge in [0.15, 0.2) is 5.17 Å². The first-order chi connectivity index (χ1) is 19.2. The van der Waals surface area contributed by atoms with Gasteiger partial charge in [-0.2, -0.15) is 5.10 Å². The Balaban J connectivity index is 1.51. The number of amidine groups is 1. The third-order valence-corrected chi connectivity index (χ3v) is 9.14. The van der Waals surface area contributed by atoms with Gasteiger partial charge < -0.3 is 14.8 Å². The quantitative estimate of drug-likeness (QED) is 0.235. The number of ether oxygens (including phenoxy) is 2. The number of aromatic nitrogens is 2. The van der Waals surface area contributed by atoms with Crippen molar-refractivity contribution in [2.24, 2.45) is 18.0 Å². The number of carbonyl (C=O) groups excluding carboxylic acids is 3. The molecule has 216 valence electrons. The number of methoxy groups -OCH3 is 1. The molecule has 0 aromatic carbocycles. The molecule has 10 nitrogen and oxygen atoms in total. The minimum absolute atomic E-state index is 0.0362. The van der Waals surface area contributed by atoms with E-state index in [0.717, 1.165) is 47.4 Å². The number of hydrogen-bond donors (Lipinski definition) is 1. The third-order valence-electron chi connectivity index (χ3n) is 6.99. The molecule has 2 aliphatic rings. The van der Waals surface area contributed by atoms with Crippen LogP contribution in [0.2, 0.25) is 0 Å². The van der Waals surface area contributed by atoms with Crippen LogP contribution in [0.25, 0.3) is 6.08 Å². The number of fused-ring (bicyclic) bond motifs is 1. The van der Waals surface area contributed by atoms with Crippen LogP contribution in [0.15, 0.2) is 16.9 Å². The summed E-state index contributed by atoms with van der Waals surface area (Å²) in [6, 6.07) is 0. The standard InChI is InChI=1S/C28H37N5O5S2/c1-6-18-9-10-20-22(13-18)40-25(24(20)27(36)38-7-2)30-23(34)16-39-28-29-21(14-19-15-32(4)31-17(19)3)26(35)33(28)11-8-12-37-5/h14-15,18H,6-13,16H2,1-5H3,(H,30,34)/b21-14+/t18-/m0/s1. The van der Waals surface area contributed by atoms with E-state index in [0.29, 0.717) is 46.9 Å². The van der Waals surface area contributed by atoms with Gasteiger partial charge in [0.05, 0.1) is 23.6 Å². The molecular weight excluding hydrogens is 550 g/mol. The fourth-order valence-corrected chi connectivity index (χ4v) is 7.11. The molecule has 3 heterocycles. The Morgan fingerprint density at radius 2 is 2.12 bits per heavy atom. The van der Waals surface area contributed by atoms with Gasteiger partial charge in [-0.3, -0.25) is 19.2 Å². The molecule has 0 saturated carbocycles. The minimum Gasteiger partial charge on any atom is -0.462 e. The van der Waals surface area contributed by atoms with E-state index in [1.807, 2.05) is 20.2 Å². The van der Waals surface area contributed by atoms with Crippen LogP contribution in [-0.2, 0) is 39.0 Å². The zero-order chi connectivity index (χ0) is 28.8. The highest BCUT2D eigenvalue weighted by atomic mass is 32.2. The molecular formula is C28H37N5O5S2. The maximum absolute atomic E-state index is 13.2. The number of thioether (sulfide) groups is 1. The first-order valence-corrected chi connectivity index (χ1v) is 15.4. The summed E-state index contributed by atoms with van der Waals surface area (Å²) in [5.74, 6) is -0.264. The number of nitrogens with one attached hydrogen (secondary N) is 1. The molecule has 2 amide bonds. The third kappa shape index (κ3) is 6.84. The summed E-state index contributed by atoms with van der Waals surface area (Å²) in [5, 5.41) is 8.30. The number of thiophene rings is 1. The number of hydrogen-bond acceptors (Lipinski definition) is 9. The second-order valence-electron chi connectivity index (χ2n) is 9.85. The lowest BCUT2D eigenvalue weighted by Gasteiger charge is -2.20. The predicted octanol–water partition coefficient (Wildman–Crippen LogP) is 4.43. The topological polar surface area (TPSA) is 115 Å². The maximum atomic E-state index is 13.2. The summed E-state index contributed by atoms with van der Waals surface area (Å²) in [6.07, 6.45) is 8.03. The molecule has 2 aromatic heterocycles. The Bertz CT molecular complexity index is 1330. The number of esters is 1. The smallest absolute Gasteiger partial charge is 0.341 e. The summed E-state index contributed by atoms with van der Waals surface area (Å²) in [6.45, 7) is 7.03. The number of aryl methyl sites for hydroxylation is 2. The second kappa shape index (κ2) is 13.6. The largest absolute Gasteiger partial charge is 0.462 e. The number of anilines is 1. The molecule has 0 fully saturated rings. The van der Waals surface area contributed by atoms with Crippen molar-refractivity contribution in [1.82, 2.24) is 14.7 Å². The van der Waals surface area contributed by atoms with Gasteiger partial charge in [0, 0.05) is 43.9 Å². The normalized spacial score (nSPS) is 17.8. The summed E-state index contributed by atoms with van der Waals surface area (Å²) in [7, 11) is 3.44. The van der Waals surface area contributed by atoms with E-state index in [2.05, 4.69) is 22.3 Å². The molecule has 2 aromatic rings. The highest BCUT2D eigenvalue weighted by molar-refractivity contribution is 8.14. The number of amides is 2. The van der Waals surface area contributed by atoms with Gasteiger partial charge in [-0.1, -0.05) is 25.1 Å². The average Bonchev–Trinajstić information content (AvgIpc) is 3.54. The average molecular weight is 588 g/mol. The highest BCUT2D eigenvalue weighted by Crippen LogP contribution is 2.41. The Morgan fingerprint density at radius 3 is 2.80 bits per heavy atom. The van der Waals surface area contributed by atoms with Gasteiger partial charge in [0.1, 0.15) is 10.7 Å². The summed E-state index contributed by atoms with van der Waals surface area (Å²) < 4.78 is 12.2. The van der Waals surface area contributed by atoms with Gasteiger partial charge in [-0.25, -0.2) is 9.79 Å². The summed E-state index contributed by atoms with van der Waals surface area (Å²) in [4.78, 5) is 46.5. The van der Waals surface area contributed by atoms with Gasteiger partial charge >= 0.3 is 5.97 Å². The molecule has 40 heavy (non-hydrogen) atoms. The lowest BCUT2D eigenvalue weighted by atomic mass is 9.85. The second-order valence-corrected chi connectivity index (χ2v) is 11.9. The van der Waals surface area contributed by atoms with Crippen molar-refractivity contribution in [3.8, 4) is 0 Å². The first-order valence-electron chi connectivity index (χ1n) is 13.6. The lowest BCUT2D eigenvalue weighted by molar-refractivity contribution is -0.122. The maximum Gasteiger partial charge on any atom is 0.341 e. The number of rotatable bonds is 11. The van der Waals surface area contributed by atoms with Crippen molar-refractivity contribution in [2.75, 3.05) is 37.9 Å². The summed E-state index contributed by atoms with van der Waals surface area (Å²) >= 11 is 2.67. The van der Waals surface area contributed by atoms with Crippen LogP contribution in [0.4, 0.5) is 5.00 Å². The van der Waals surface area contributed by atoms with Crippen molar-refractivity contribution >= 4 is 57.1 Å². The molecule has 0 unspecified atom stereocenters. The lowest BCUT2D eigenvalue weighted by Crippen LogP contribution is -2.32. The molecule has 4 rings (SSSR count). The summed E-state index contributed by atoms with van der Waals surface area (Å²) in [5.41, 5.74) is 3.41. The van der Waals surface area contributed by atoms with Gasteiger partial charge in [0.25, 0.3) is 5.91 Å². The van der Waals surface area contributed by atoms with E-state index < -0.39 is 5.97 Å². The van der Waals surface area contributed by atoms with Crippen molar-refractivity contribution in [1.29, 1.82) is 0 Å². The van der Waals surface area contributed by atoms with Crippen LogP contribution in [0.5, 0.6) is 0 Å². The molecule has 1 aliphatic heterocycles. The van der Waals surface area contributed by atoms with E-state index in [-0.39, 0.29) is 24.2 Å². The highest BCUT2D eigenvalue weighted by Gasteiger charge is 2.32. The zero-order valence-corrected chi connectivity index (χ0v) is 25.4. The monoisotopic (exact) mass is 587 g/mol. The minimum atomic E-state index is -0.395. The molecule has 1 atom stereocenters. The van der Waals surface area contributed by atoms with Gasteiger partial charge in [-0.05, 0) is 57.1 Å². The first kappa shape index (κ1) is 30.0. The SMILES string of the molecule is CCOC(=O)c1c(NC(=O)CSC2=N/C(=C/c3cn(C)nc3C)C(=O)N2CCCOC)sc2c1CC[C@H](CC)C2. The van der Waals surface area contributed by atoms with Crippen LogP contribution in [0.1, 0.15) is 65.2 Å². The Morgan fingerprint density at radius 1 is 1.32 bits per heavy atom. The fourth-order valence-electron chi connectivity index (χ4n) is 4.91. The predicted molar refractivity (Wildman–Crippen MR) is 159 cm³/mol. The van der Waals surface area contributed by atoms with Crippen molar-refractivity contribution in [2.45, 2.75) is 52.9 Å². The van der Waals surface area contributed by atoms with E-state index >= 15 is 0 Å². The molecule has 0 bridgehead atoms. The van der Waals surface area contributed by atoms with Crippen LogP contribution < -0.4 is 5.32 Å². The van der Waals surface area contributed by atoms with E-state index in [4.69, 9.17) is 9.47 Å². The molecule has 0 saturated heterocycles. The Labute approximate surface area is 243 Å². The Hall–Kier alpha value is -2.96.